The molecule has 0 spiro atoms. The van der Waals surface area contributed by atoms with Gasteiger partial charge in [0.2, 0.25) is 0 Å². The SMILES string of the molecule is CC(C)(C)c1ccccc1OCC(N)c1ccccc1. The van der Waals surface area contributed by atoms with E-state index in [0.29, 0.717) is 6.61 Å². The van der Waals surface area contributed by atoms with Gasteiger partial charge in [-0.3, -0.25) is 0 Å². The molecule has 2 heteroatoms. The van der Waals surface area contributed by atoms with Gasteiger partial charge in [0.1, 0.15) is 12.4 Å². The van der Waals surface area contributed by atoms with Gasteiger partial charge in [-0.1, -0.05) is 69.3 Å². The van der Waals surface area contributed by atoms with Gasteiger partial charge in [0.15, 0.2) is 0 Å². The first-order chi connectivity index (χ1) is 9.48. The third-order valence-corrected chi connectivity index (χ3v) is 3.34. The van der Waals surface area contributed by atoms with Gasteiger partial charge in [-0.05, 0) is 22.6 Å². The maximum absolute atomic E-state index is 6.18. The Balaban J connectivity index is 2.08. The molecule has 2 aromatic rings. The summed E-state index contributed by atoms with van der Waals surface area (Å²) in [5.74, 6) is 0.923. The van der Waals surface area contributed by atoms with E-state index in [-0.39, 0.29) is 11.5 Å². The zero-order chi connectivity index (χ0) is 14.6. The summed E-state index contributed by atoms with van der Waals surface area (Å²) >= 11 is 0. The second-order valence-electron chi connectivity index (χ2n) is 6.07. The smallest absolute Gasteiger partial charge is 0.123 e. The van der Waals surface area contributed by atoms with Crippen LogP contribution in [0, 0.1) is 0 Å². The van der Waals surface area contributed by atoms with Gasteiger partial charge in [-0.25, -0.2) is 0 Å². The molecule has 0 aliphatic carbocycles. The fourth-order valence-corrected chi connectivity index (χ4v) is 2.19. The largest absolute Gasteiger partial charge is 0.491 e. The molecule has 1 unspecified atom stereocenters. The molecule has 2 N–H and O–H groups in total. The number of hydrogen-bond acceptors (Lipinski definition) is 2. The number of para-hydroxylation sites is 1. The average Bonchev–Trinajstić information content (AvgIpc) is 2.45. The number of rotatable bonds is 4. The quantitative estimate of drug-likeness (QED) is 0.908. The Bertz CT molecular complexity index is 543. The topological polar surface area (TPSA) is 35.2 Å². The lowest BCUT2D eigenvalue weighted by Crippen LogP contribution is -2.20. The van der Waals surface area contributed by atoms with Crippen LogP contribution < -0.4 is 10.5 Å². The molecule has 0 saturated carbocycles. The maximum Gasteiger partial charge on any atom is 0.123 e. The summed E-state index contributed by atoms with van der Waals surface area (Å²) < 4.78 is 5.95. The number of benzene rings is 2. The molecule has 2 nitrogen and oxygen atoms in total. The molecule has 0 aliphatic rings. The van der Waals surface area contributed by atoms with Crippen LogP contribution in [0.25, 0.3) is 0 Å². The first-order valence-electron chi connectivity index (χ1n) is 7.01. The molecule has 2 rings (SSSR count). The summed E-state index contributed by atoms with van der Waals surface area (Å²) in [6, 6.07) is 18.1. The zero-order valence-corrected chi connectivity index (χ0v) is 12.5. The highest BCUT2D eigenvalue weighted by molar-refractivity contribution is 5.38. The summed E-state index contributed by atoms with van der Waals surface area (Å²) in [5.41, 5.74) is 8.55. The van der Waals surface area contributed by atoms with Crippen LogP contribution in [-0.2, 0) is 5.41 Å². The molecule has 0 aliphatic heterocycles. The Labute approximate surface area is 121 Å². The van der Waals surface area contributed by atoms with Crippen LogP contribution in [0.4, 0.5) is 0 Å². The van der Waals surface area contributed by atoms with Crippen LogP contribution in [0.3, 0.4) is 0 Å². The molecule has 0 heterocycles. The lowest BCUT2D eigenvalue weighted by molar-refractivity contribution is 0.283. The minimum atomic E-state index is -0.107. The standard InChI is InChI=1S/C18H23NO/c1-18(2,3)15-11-7-8-12-17(15)20-13-16(19)14-9-5-4-6-10-14/h4-12,16H,13,19H2,1-3H3. The van der Waals surface area contributed by atoms with E-state index < -0.39 is 0 Å². The molecule has 0 fully saturated rings. The van der Waals surface area contributed by atoms with Gasteiger partial charge in [-0.15, -0.1) is 0 Å². The summed E-state index contributed by atoms with van der Waals surface area (Å²) in [4.78, 5) is 0. The van der Waals surface area contributed by atoms with Crippen LogP contribution in [0.5, 0.6) is 5.75 Å². The molecule has 0 aromatic heterocycles. The maximum atomic E-state index is 6.18. The highest BCUT2D eigenvalue weighted by Crippen LogP contribution is 2.31. The van der Waals surface area contributed by atoms with Crippen molar-refractivity contribution < 1.29 is 4.74 Å². The van der Waals surface area contributed by atoms with Gasteiger partial charge in [0.05, 0.1) is 6.04 Å². The summed E-state index contributed by atoms with van der Waals surface area (Å²) in [6.45, 7) is 7.04. The van der Waals surface area contributed by atoms with Crippen molar-refractivity contribution in [2.75, 3.05) is 6.61 Å². The number of ether oxygens (including phenoxy) is 1. The summed E-state index contributed by atoms with van der Waals surface area (Å²) in [7, 11) is 0. The van der Waals surface area contributed by atoms with Crippen molar-refractivity contribution >= 4 is 0 Å². The number of nitrogens with two attached hydrogens (primary N) is 1. The van der Waals surface area contributed by atoms with E-state index >= 15 is 0 Å². The summed E-state index contributed by atoms with van der Waals surface area (Å²) in [6.07, 6.45) is 0. The molecule has 0 radical (unpaired) electrons. The first kappa shape index (κ1) is 14.6. The number of hydrogen-bond donors (Lipinski definition) is 1. The van der Waals surface area contributed by atoms with Crippen molar-refractivity contribution in [3.8, 4) is 5.75 Å². The lowest BCUT2D eigenvalue weighted by Gasteiger charge is -2.23. The van der Waals surface area contributed by atoms with Crippen molar-refractivity contribution in [3.63, 3.8) is 0 Å². The molecule has 106 valence electrons. The van der Waals surface area contributed by atoms with Crippen LogP contribution in [0.15, 0.2) is 54.6 Å². The van der Waals surface area contributed by atoms with E-state index in [2.05, 4.69) is 26.8 Å². The predicted molar refractivity (Wildman–Crippen MR) is 84.0 cm³/mol. The highest BCUT2D eigenvalue weighted by Gasteiger charge is 2.18. The normalized spacial score (nSPS) is 13.0. The van der Waals surface area contributed by atoms with Crippen molar-refractivity contribution in [1.29, 1.82) is 0 Å². The van der Waals surface area contributed by atoms with E-state index in [1.165, 1.54) is 5.56 Å². The summed E-state index contributed by atoms with van der Waals surface area (Å²) in [5, 5.41) is 0. The Hall–Kier alpha value is -1.80. The molecule has 1 atom stereocenters. The highest BCUT2D eigenvalue weighted by atomic mass is 16.5. The fourth-order valence-electron chi connectivity index (χ4n) is 2.19. The van der Waals surface area contributed by atoms with E-state index in [4.69, 9.17) is 10.5 Å². The minimum Gasteiger partial charge on any atom is -0.491 e. The van der Waals surface area contributed by atoms with Gasteiger partial charge < -0.3 is 10.5 Å². The molecular formula is C18H23NO. The second-order valence-corrected chi connectivity index (χ2v) is 6.07. The van der Waals surface area contributed by atoms with E-state index in [9.17, 15) is 0 Å². The Morgan fingerprint density at radius 1 is 0.950 bits per heavy atom. The monoisotopic (exact) mass is 269 g/mol. The van der Waals surface area contributed by atoms with Crippen LogP contribution in [0.1, 0.15) is 37.9 Å². The Morgan fingerprint density at radius 3 is 2.20 bits per heavy atom. The van der Waals surface area contributed by atoms with Crippen molar-refractivity contribution in [1.82, 2.24) is 0 Å². The van der Waals surface area contributed by atoms with Crippen LogP contribution in [-0.4, -0.2) is 6.61 Å². The molecule has 2 aromatic carbocycles. The molecule has 0 amide bonds. The van der Waals surface area contributed by atoms with E-state index in [1.54, 1.807) is 0 Å². The Morgan fingerprint density at radius 2 is 1.55 bits per heavy atom. The molecule has 0 bridgehead atoms. The van der Waals surface area contributed by atoms with Gasteiger partial charge >= 0.3 is 0 Å². The first-order valence-corrected chi connectivity index (χ1v) is 7.01. The zero-order valence-electron chi connectivity index (χ0n) is 12.5. The third kappa shape index (κ3) is 3.61. The minimum absolute atomic E-state index is 0.0629. The average molecular weight is 269 g/mol. The van der Waals surface area contributed by atoms with Crippen molar-refractivity contribution in [3.05, 3.63) is 65.7 Å². The van der Waals surface area contributed by atoms with Gasteiger partial charge in [-0.2, -0.15) is 0 Å². The van der Waals surface area contributed by atoms with Gasteiger partial charge in [0.25, 0.3) is 0 Å². The lowest BCUT2D eigenvalue weighted by atomic mass is 9.86. The van der Waals surface area contributed by atoms with Crippen LogP contribution >= 0.6 is 0 Å². The van der Waals surface area contributed by atoms with Gasteiger partial charge in [0, 0.05) is 0 Å². The molecule has 0 saturated heterocycles. The van der Waals surface area contributed by atoms with Crippen molar-refractivity contribution in [2.45, 2.75) is 32.2 Å². The third-order valence-electron chi connectivity index (χ3n) is 3.34. The second kappa shape index (κ2) is 6.10. The van der Waals surface area contributed by atoms with E-state index in [0.717, 1.165) is 11.3 Å². The Kier molecular flexibility index (Phi) is 4.46. The predicted octanol–water partition coefficient (Wildman–Crippen LogP) is 4.06. The van der Waals surface area contributed by atoms with E-state index in [1.807, 2.05) is 48.5 Å². The van der Waals surface area contributed by atoms with Crippen molar-refractivity contribution in [2.24, 2.45) is 5.73 Å². The molecular weight excluding hydrogens is 246 g/mol. The fraction of sp³-hybridized carbons (Fsp3) is 0.333. The van der Waals surface area contributed by atoms with Crippen LogP contribution in [0.2, 0.25) is 0 Å². The molecule has 20 heavy (non-hydrogen) atoms.